The molecule has 0 saturated heterocycles. The molecule has 0 radical (unpaired) electrons. The van der Waals surface area contributed by atoms with Crippen LogP contribution in [0.4, 0.5) is 13.2 Å². The fraction of sp³-hybridized carbons (Fsp3) is 0.208. The lowest BCUT2D eigenvalue weighted by Gasteiger charge is -2.15. The summed E-state index contributed by atoms with van der Waals surface area (Å²) in [5.74, 6) is 0.998. The highest BCUT2D eigenvalue weighted by molar-refractivity contribution is 7.90. The Morgan fingerprint density at radius 2 is 1.65 bits per heavy atom. The zero-order valence-corrected chi connectivity index (χ0v) is 21.5. The summed E-state index contributed by atoms with van der Waals surface area (Å²) < 4.78 is 76.1. The molecule has 0 amide bonds. The molecule has 0 atom stereocenters. The van der Waals surface area contributed by atoms with E-state index in [0.717, 1.165) is 11.8 Å². The summed E-state index contributed by atoms with van der Waals surface area (Å²) in [5, 5.41) is -1.75. The third-order valence-corrected chi connectivity index (χ3v) is 6.07. The van der Waals surface area contributed by atoms with E-state index in [-0.39, 0.29) is 17.9 Å². The van der Waals surface area contributed by atoms with Crippen molar-refractivity contribution < 1.29 is 31.1 Å². The lowest BCUT2D eigenvalue weighted by Crippen LogP contribution is -2.16. The standard InChI is InChI=1S/C19H17ClF3N3O4S.C5H5N/c1-29-13-7-6-11(9-14(13)30-2)10-26-8-4-5-12(26)16-15(20)17(19(21,22)23)25-18(24-16)31(3,27)28;1-2-4-6-5-3-1/h4-9H,10H2,1-3H3;1-5H. The van der Waals surface area contributed by atoms with Gasteiger partial charge in [0.15, 0.2) is 17.2 Å². The van der Waals surface area contributed by atoms with Crippen molar-refractivity contribution in [3.05, 3.63) is 83.4 Å². The fourth-order valence-corrected chi connectivity index (χ4v) is 4.01. The summed E-state index contributed by atoms with van der Waals surface area (Å²) in [6, 6.07) is 14.0. The van der Waals surface area contributed by atoms with Crippen LogP contribution >= 0.6 is 11.6 Å². The summed E-state index contributed by atoms with van der Waals surface area (Å²) in [6.07, 6.45) is 0.871. The molecule has 4 aromatic rings. The normalized spacial score (nSPS) is 11.4. The summed E-state index contributed by atoms with van der Waals surface area (Å²) in [5.41, 5.74) is -0.911. The first-order valence-corrected chi connectivity index (χ1v) is 12.8. The maximum absolute atomic E-state index is 13.4. The maximum atomic E-state index is 13.4. The molecule has 0 aliphatic carbocycles. The van der Waals surface area contributed by atoms with Crippen LogP contribution in [-0.2, 0) is 22.6 Å². The molecular weight excluding hydrogens is 533 g/mol. The number of pyridine rings is 1. The van der Waals surface area contributed by atoms with Crippen molar-refractivity contribution in [3.63, 3.8) is 0 Å². The van der Waals surface area contributed by atoms with E-state index in [1.165, 1.54) is 20.3 Å². The molecule has 0 aliphatic heterocycles. The fourth-order valence-electron chi connectivity index (χ4n) is 3.21. The van der Waals surface area contributed by atoms with Crippen molar-refractivity contribution >= 4 is 21.4 Å². The van der Waals surface area contributed by atoms with Crippen LogP contribution in [0, 0.1) is 0 Å². The van der Waals surface area contributed by atoms with E-state index in [0.29, 0.717) is 11.5 Å². The van der Waals surface area contributed by atoms with Gasteiger partial charge in [0.25, 0.3) is 0 Å². The zero-order valence-electron chi connectivity index (χ0n) is 19.9. The highest BCUT2D eigenvalue weighted by atomic mass is 35.5. The van der Waals surface area contributed by atoms with Gasteiger partial charge in [-0.1, -0.05) is 23.7 Å². The Hall–Kier alpha value is -3.64. The van der Waals surface area contributed by atoms with E-state index in [4.69, 9.17) is 21.1 Å². The van der Waals surface area contributed by atoms with E-state index >= 15 is 0 Å². The first-order valence-electron chi connectivity index (χ1n) is 10.5. The summed E-state index contributed by atoms with van der Waals surface area (Å²) >= 11 is 5.98. The molecule has 0 unspecified atom stereocenters. The number of alkyl halides is 3. The van der Waals surface area contributed by atoms with Crippen LogP contribution in [0.3, 0.4) is 0 Å². The molecule has 1 aromatic carbocycles. The monoisotopic (exact) mass is 554 g/mol. The number of hydrogen-bond donors (Lipinski definition) is 0. The van der Waals surface area contributed by atoms with Gasteiger partial charge in [0.05, 0.1) is 24.9 Å². The van der Waals surface area contributed by atoms with Crippen LogP contribution in [-0.4, -0.2) is 48.4 Å². The molecule has 13 heteroatoms. The zero-order chi connectivity index (χ0) is 27.2. The summed E-state index contributed by atoms with van der Waals surface area (Å²) in [7, 11) is -1.15. The number of ether oxygens (including phenoxy) is 2. The second-order valence-corrected chi connectivity index (χ2v) is 9.81. The minimum atomic E-state index is -4.96. The third kappa shape index (κ3) is 6.98. The van der Waals surface area contributed by atoms with E-state index in [1.807, 2.05) is 18.2 Å². The first-order chi connectivity index (χ1) is 17.5. The molecule has 0 aliphatic rings. The van der Waals surface area contributed by atoms with Gasteiger partial charge in [-0.05, 0) is 42.0 Å². The minimum Gasteiger partial charge on any atom is -0.493 e. The molecule has 37 heavy (non-hydrogen) atoms. The number of rotatable bonds is 6. The number of halogens is 4. The predicted octanol–water partition coefficient (Wildman–Crippen LogP) is 5.17. The highest BCUT2D eigenvalue weighted by Gasteiger charge is 2.38. The molecule has 3 heterocycles. The SMILES string of the molecule is COc1ccc(Cn2cccc2-c2nc(S(C)(=O)=O)nc(C(F)(F)F)c2Cl)cc1OC.c1ccncc1. The Morgan fingerprint density at radius 3 is 2.16 bits per heavy atom. The van der Waals surface area contributed by atoms with Crippen molar-refractivity contribution in [1.29, 1.82) is 0 Å². The van der Waals surface area contributed by atoms with Gasteiger partial charge in [0, 0.05) is 31.4 Å². The van der Waals surface area contributed by atoms with Gasteiger partial charge in [0.2, 0.25) is 15.0 Å². The van der Waals surface area contributed by atoms with E-state index in [2.05, 4.69) is 15.0 Å². The maximum Gasteiger partial charge on any atom is 0.435 e. The number of methoxy groups -OCH3 is 2. The van der Waals surface area contributed by atoms with Crippen LogP contribution in [0.5, 0.6) is 11.5 Å². The summed E-state index contributed by atoms with van der Waals surface area (Å²) in [4.78, 5) is 10.8. The smallest absolute Gasteiger partial charge is 0.435 e. The lowest BCUT2D eigenvalue weighted by atomic mass is 10.2. The van der Waals surface area contributed by atoms with Gasteiger partial charge in [-0.2, -0.15) is 13.2 Å². The van der Waals surface area contributed by atoms with Crippen LogP contribution in [0.15, 0.2) is 72.3 Å². The average Bonchev–Trinajstić information content (AvgIpc) is 3.31. The predicted molar refractivity (Wildman–Crippen MR) is 131 cm³/mol. The minimum absolute atomic E-state index is 0.192. The molecule has 0 fully saturated rings. The molecule has 4 rings (SSSR count). The second kappa shape index (κ2) is 11.6. The molecule has 3 aromatic heterocycles. The van der Waals surface area contributed by atoms with E-state index < -0.39 is 31.9 Å². The molecule has 0 bridgehead atoms. The van der Waals surface area contributed by atoms with Gasteiger partial charge in [-0.25, -0.2) is 18.4 Å². The molecule has 0 saturated carbocycles. The molecule has 196 valence electrons. The van der Waals surface area contributed by atoms with Crippen molar-refractivity contribution in [2.24, 2.45) is 0 Å². The third-order valence-electron chi connectivity index (χ3n) is 4.87. The number of aromatic nitrogens is 4. The highest BCUT2D eigenvalue weighted by Crippen LogP contribution is 2.38. The topological polar surface area (TPSA) is 96.2 Å². The van der Waals surface area contributed by atoms with Crippen LogP contribution in [0.25, 0.3) is 11.4 Å². The van der Waals surface area contributed by atoms with Gasteiger partial charge < -0.3 is 14.0 Å². The Labute approximate surface area is 216 Å². The lowest BCUT2D eigenvalue weighted by molar-refractivity contribution is -0.141. The van der Waals surface area contributed by atoms with E-state index in [9.17, 15) is 21.6 Å². The van der Waals surface area contributed by atoms with Crippen LogP contribution in [0.1, 0.15) is 11.3 Å². The molecule has 0 spiro atoms. The largest absolute Gasteiger partial charge is 0.493 e. The summed E-state index contributed by atoms with van der Waals surface area (Å²) in [6.45, 7) is 0.221. The van der Waals surface area contributed by atoms with Gasteiger partial charge in [0.1, 0.15) is 5.69 Å². The van der Waals surface area contributed by atoms with Crippen molar-refractivity contribution in [2.75, 3.05) is 20.5 Å². The van der Waals surface area contributed by atoms with Crippen LogP contribution in [0.2, 0.25) is 5.02 Å². The quantitative estimate of drug-likeness (QED) is 0.303. The van der Waals surface area contributed by atoms with Crippen LogP contribution < -0.4 is 9.47 Å². The number of benzene rings is 1. The Bertz CT molecular complexity index is 1440. The molecule has 8 nitrogen and oxygen atoms in total. The number of hydrogen-bond acceptors (Lipinski definition) is 7. The molecular formula is C24H22ClF3N4O4S. The number of sulfone groups is 1. The Balaban J connectivity index is 0.000000555. The second-order valence-electron chi connectivity index (χ2n) is 7.52. The van der Waals surface area contributed by atoms with E-state index in [1.54, 1.807) is 47.4 Å². The van der Waals surface area contributed by atoms with Crippen molar-refractivity contribution in [2.45, 2.75) is 17.9 Å². The van der Waals surface area contributed by atoms with Gasteiger partial charge in [-0.3, -0.25) is 4.98 Å². The first kappa shape index (κ1) is 27.9. The average molecular weight is 555 g/mol. The molecule has 0 N–H and O–H groups in total. The van der Waals surface area contributed by atoms with Gasteiger partial charge >= 0.3 is 6.18 Å². The van der Waals surface area contributed by atoms with Crippen molar-refractivity contribution in [1.82, 2.24) is 19.5 Å². The van der Waals surface area contributed by atoms with Crippen molar-refractivity contribution in [3.8, 4) is 22.9 Å². The van der Waals surface area contributed by atoms with Gasteiger partial charge in [-0.15, -0.1) is 0 Å². The Morgan fingerprint density at radius 1 is 0.973 bits per heavy atom. The Kier molecular flexibility index (Phi) is 8.77. The number of nitrogens with zero attached hydrogens (tertiary/aromatic N) is 4.